The normalized spacial score (nSPS) is 33.3. The highest BCUT2D eigenvalue weighted by atomic mass is 14.9. The van der Waals surface area contributed by atoms with Crippen LogP contribution in [0.25, 0.3) is 0 Å². The topological polar surface area (TPSA) is 12.0 Å². The van der Waals surface area contributed by atoms with Crippen LogP contribution in [0.3, 0.4) is 0 Å². The molecule has 0 radical (unpaired) electrons. The maximum atomic E-state index is 3.51. The molecule has 0 bridgehead atoms. The third kappa shape index (κ3) is 2.82. The van der Waals surface area contributed by atoms with Crippen molar-refractivity contribution < 1.29 is 0 Å². The Hall–Kier alpha value is -0.0400. The Kier molecular flexibility index (Phi) is 3.92. The summed E-state index contributed by atoms with van der Waals surface area (Å²) in [5.74, 6) is 1.94. The Balaban J connectivity index is 2.33. The molecule has 1 heteroatoms. The highest BCUT2D eigenvalue weighted by molar-refractivity contribution is 4.71. The zero-order chi connectivity index (χ0) is 8.10. The van der Waals surface area contributed by atoms with Crippen LogP contribution in [0.4, 0.5) is 0 Å². The van der Waals surface area contributed by atoms with E-state index in [-0.39, 0.29) is 0 Å². The van der Waals surface area contributed by atoms with Gasteiger partial charge in [-0.05, 0) is 37.8 Å². The van der Waals surface area contributed by atoms with Crippen molar-refractivity contribution in [3.63, 3.8) is 0 Å². The molecule has 1 fully saturated rings. The van der Waals surface area contributed by atoms with Crippen LogP contribution in [0.1, 0.15) is 39.5 Å². The maximum absolute atomic E-state index is 3.51. The van der Waals surface area contributed by atoms with Gasteiger partial charge in [-0.25, -0.2) is 0 Å². The highest BCUT2D eigenvalue weighted by Crippen LogP contribution is 2.22. The SMILES string of the molecule is CCC1CCNCC(CC)C1. The zero-order valence-electron chi connectivity index (χ0n) is 7.90. The third-order valence-corrected chi connectivity index (χ3v) is 2.98. The summed E-state index contributed by atoms with van der Waals surface area (Å²) < 4.78 is 0. The summed E-state index contributed by atoms with van der Waals surface area (Å²) in [6.07, 6.45) is 5.58. The van der Waals surface area contributed by atoms with Crippen LogP contribution >= 0.6 is 0 Å². The van der Waals surface area contributed by atoms with Crippen molar-refractivity contribution in [1.82, 2.24) is 5.32 Å². The van der Waals surface area contributed by atoms with Crippen LogP contribution in [0.15, 0.2) is 0 Å². The number of hydrogen-bond donors (Lipinski definition) is 1. The van der Waals surface area contributed by atoms with Gasteiger partial charge in [0.2, 0.25) is 0 Å². The molecule has 0 spiro atoms. The van der Waals surface area contributed by atoms with Crippen molar-refractivity contribution in [2.24, 2.45) is 11.8 Å². The van der Waals surface area contributed by atoms with Crippen molar-refractivity contribution in [3.8, 4) is 0 Å². The lowest BCUT2D eigenvalue weighted by Gasteiger charge is -2.15. The monoisotopic (exact) mass is 155 g/mol. The van der Waals surface area contributed by atoms with Gasteiger partial charge in [-0.15, -0.1) is 0 Å². The van der Waals surface area contributed by atoms with E-state index in [0.29, 0.717) is 0 Å². The highest BCUT2D eigenvalue weighted by Gasteiger charge is 2.16. The first-order valence-electron chi connectivity index (χ1n) is 5.07. The van der Waals surface area contributed by atoms with Crippen LogP contribution < -0.4 is 5.32 Å². The molecule has 1 aliphatic heterocycles. The summed E-state index contributed by atoms with van der Waals surface area (Å²) >= 11 is 0. The summed E-state index contributed by atoms with van der Waals surface area (Å²) in [5, 5.41) is 3.51. The van der Waals surface area contributed by atoms with E-state index in [4.69, 9.17) is 0 Å². The van der Waals surface area contributed by atoms with E-state index >= 15 is 0 Å². The Bertz CT molecular complexity index is 89.0. The molecule has 1 heterocycles. The van der Waals surface area contributed by atoms with Crippen molar-refractivity contribution in [3.05, 3.63) is 0 Å². The van der Waals surface area contributed by atoms with Gasteiger partial charge in [-0.2, -0.15) is 0 Å². The summed E-state index contributed by atoms with van der Waals surface area (Å²) in [4.78, 5) is 0. The molecule has 11 heavy (non-hydrogen) atoms. The zero-order valence-corrected chi connectivity index (χ0v) is 7.90. The van der Waals surface area contributed by atoms with E-state index < -0.39 is 0 Å². The fourth-order valence-corrected chi connectivity index (χ4v) is 1.97. The van der Waals surface area contributed by atoms with Gasteiger partial charge in [-0.1, -0.05) is 26.7 Å². The molecule has 0 aromatic heterocycles. The molecule has 0 aliphatic carbocycles. The standard InChI is InChI=1S/C10H21N/c1-3-9-5-6-11-8-10(4-2)7-9/h9-11H,3-8H2,1-2H3. The second-order valence-corrected chi connectivity index (χ2v) is 3.78. The molecule has 0 aromatic carbocycles. The van der Waals surface area contributed by atoms with Crippen LogP contribution in [0.5, 0.6) is 0 Å². The van der Waals surface area contributed by atoms with Gasteiger partial charge in [-0.3, -0.25) is 0 Å². The molecule has 1 aliphatic rings. The Labute approximate surface area is 70.6 Å². The number of hydrogen-bond acceptors (Lipinski definition) is 1. The second-order valence-electron chi connectivity index (χ2n) is 3.78. The van der Waals surface area contributed by atoms with Crippen molar-refractivity contribution in [2.45, 2.75) is 39.5 Å². The predicted molar refractivity (Wildman–Crippen MR) is 49.7 cm³/mol. The first-order chi connectivity index (χ1) is 5.36. The molecule has 2 atom stereocenters. The van der Waals surface area contributed by atoms with Crippen LogP contribution in [-0.2, 0) is 0 Å². The van der Waals surface area contributed by atoms with Crippen molar-refractivity contribution in [2.75, 3.05) is 13.1 Å². The molecule has 0 aromatic rings. The fourth-order valence-electron chi connectivity index (χ4n) is 1.97. The third-order valence-electron chi connectivity index (χ3n) is 2.98. The van der Waals surface area contributed by atoms with Gasteiger partial charge in [0.1, 0.15) is 0 Å². The minimum atomic E-state index is 0.947. The minimum Gasteiger partial charge on any atom is -0.316 e. The lowest BCUT2D eigenvalue weighted by Crippen LogP contribution is -2.19. The van der Waals surface area contributed by atoms with Crippen LogP contribution in [0, 0.1) is 11.8 Å². The van der Waals surface area contributed by atoms with Crippen molar-refractivity contribution >= 4 is 0 Å². The largest absolute Gasteiger partial charge is 0.316 e. The quantitative estimate of drug-likeness (QED) is 0.646. The first-order valence-corrected chi connectivity index (χ1v) is 5.07. The van der Waals surface area contributed by atoms with Gasteiger partial charge in [0.25, 0.3) is 0 Å². The minimum absolute atomic E-state index is 0.947. The van der Waals surface area contributed by atoms with Crippen molar-refractivity contribution in [1.29, 1.82) is 0 Å². The molecule has 2 unspecified atom stereocenters. The Morgan fingerprint density at radius 3 is 2.55 bits per heavy atom. The van der Waals surface area contributed by atoms with E-state index in [1.807, 2.05) is 0 Å². The van der Waals surface area contributed by atoms with E-state index in [0.717, 1.165) is 11.8 Å². The molecule has 0 amide bonds. The Morgan fingerprint density at radius 2 is 1.91 bits per heavy atom. The summed E-state index contributed by atoms with van der Waals surface area (Å²) in [6.45, 7) is 7.13. The van der Waals surface area contributed by atoms with Gasteiger partial charge >= 0.3 is 0 Å². The fraction of sp³-hybridized carbons (Fsp3) is 1.00. The van der Waals surface area contributed by atoms with Gasteiger partial charge in [0, 0.05) is 0 Å². The molecule has 66 valence electrons. The maximum Gasteiger partial charge on any atom is -0.00205 e. The lowest BCUT2D eigenvalue weighted by atomic mass is 9.90. The van der Waals surface area contributed by atoms with E-state index in [1.54, 1.807) is 0 Å². The smallest absolute Gasteiger partial charge is 0.00205 e. The molecular formula is C10H21N. The molecule has 1 N–H and O–H groups in total. The summed E-state index contributed by atoms with van der Waals surface area (Å²) in [6, 6.07) is 0. The number of rotatable bonds is 2. The second kappa shape index (κ2) is 4.76. The molecule has 1 nitrogen and oxygen atoms in total. The van der Waals surface area contributed by atoms with Gasteiger partial charge < -0.3 is 5.32 Å². The lowest BCUT2D eigenvalue weighted by molar-refractivity contribution is 0.373. The summed E-state index contributed by atoms with van der Waals surface area (Å²) in [7, 11) is 0. The van der Waals surface area contributed by atoms with Crippen LogP contribution in [-0.4, -0.2) is 13.1 Å². The molecule has 1 rings (SSSR count). The average molecular weight is 155 g/mol. The summed E-state index contributed by atoms with van der Waals surface area (Å²) in [5.41, 5.74) is 0. The average Bonchev–Trinajstić information content (AvgIpc) is 2.28. The Morgan fingerprint density at radius 1 is 1.18 bits per heavy atom. The van der Waals surface area contributed by atoms with Gasteiger partial charge in [0.05, 0.1) is 0 Å². The molecule has 1 saturated heterocycles. The molecule has 0 saturated carbocycles. The van der Waals surface area contributed by atoms with E-state index in [9.17, 15) is 0 Å². The predicted octanol–water partition coefficient (Wildman–Crippen LogP) is 2.42. The first kappa shape index (κ1) is 9.05. The van der Waals surface area contributed by atoms with E-state index in [2.05, 4.69) is 19.2 Å². The van der Waals surface area contributed by atoms with Gasteiger partial charge in [0.15, 0.2) is 0 Å². The van der Waals surface area contributed by atoms with Crippen LogP contribution in [0.2, 0.25) is 0 Å². The number of nitrogens with one attached hydrogen (secondary N) is 1. The van der Waals surface area contributed by atoms with E-state index in [1.165, 1.54) is 38.8 Å². The molecular weight excluding hydrogens is 134 g/mol.